The van der Waals surface area contributed by atoms with Crippen LogP contribution in [0.4, 0.5) is 0 Å². The summed E-state index contributed by atoms with van der Waals surface area (Å²) in [6.07, 6.45) is 1.79. The number of hydrogen-bond donors (Lipinski definition) is 1. The van der Waals surface area contributed by atoms with Crippen LogP contribution in [0.5, 0.6) is 0 Å². The second-order valence-corrected chi connectivity index (χ2v) is 5.71. The predicted octanol–water partition coefficient (Wildman–Crippen LogP) is 2.39. The largest absolute Gasteiger partial charge is 0.461 e. The summed E-state index contributed by atoms with van der Waals surface area (Å²) in [5.74, 6) is -0.437. The van der Waals surface area contributed by atoms with E-state index >= 15 is 0 Å². The first-order chi connectivity index (χ1) is 12.1. The molecule has 0 atom stereocenters. The summed E-state index contributed by atoms with van der Waals surface area (Å²) in [5.41, 5.74) is 5.17. The van der Waals surface area contributed by atoms with Crippen LogP contribution in [-0.4, -0.2) is 42.5 Å². The Morgan fingerprint density at radius 3 is 2.92 bits per heavy atom. The van der Waals surface area contributed by atoms with Gasteiger partial charge in [-0.3, -0.25) is 4.98 Å². The molecule has 0 fully saturated rings. The first-order valence-electron chi connectivity index (χ1n) is 7.90. The highest BCUT2D eigenvalue weighted by molar-refractivity contribution is 6.05. The molecule has 126 valence electrons. The van der Waals surface area contributed by atoms with Crippen LogP contribution >= 0.6 is 0 Å². The molecule has 0 radical (unpaired) electrons. The number of carbonyl (C=O) groups excluding carboxylic acids is 1. The lowest BCUT2D eigenvalue weighted by Crippen LogP contribution is -2.06. The van der Waals surface area contributed by atoms with Crippen molar-refractivity contribution in [1.29, 1.82) is 0 Å². The summed E-state index contributed by atoms with van der Waals surface area (Å²) in [4.78, 5) is 24.0. The van der Waals surface area contributed by atoms with Gasteiger partial charge in [0.05, 0.1) is 29.0 Å². The monoisotopic (exact) mass is 336 g/mol. The first kappa shape index (κ1) is 15.3. The molecule has 0 amide bonds. The lowest BCUT2D eigenvalue weighted by Gasteiger charge is -2.02. The van der Waals surface area contributed by atoms with Crippen LogP contribution in [0.2, 0.25) is 0 Å². The fourth-order valence-electron chi connectivity index (χ4n) is 2.95. The molecule has 8 nitrogen and oxygen atoms in total. The van der Waals surface area contributed by atoms with E-state index in [4.69, 9.17) is 4.74 Å². The van der Waals surface area contributed by atoms with Crippen LogP contribution in [0.1, 0.15) is 23.1 Å². The third-order valence-corrected chi connectivity index (χ3v) is 4.04. The molecule has 25 heavy (non-hydrogen) atoms. The number of esters is 1. The van der Waals surface area contributed by atoms with Gasteiger partial charge in [0.2, 0.25) is 0 Å². The number of aryl methyl sites for hydroxylation is 2. The number of ether oxygens (including phenoxy) is 1. The maximum absolute atomic E-state index is 11.9. The molecule has 8 heteroatoms. The van der Waals surface area contributed by atoms with Crippen LogP contribution in [0.3, 0.4) is 0 Å². The summed E-state index contributed by atoms with van der Waals surface area (Å²) < 4.78 is 6.72. The summed E-state index contributed by atoms with van der Waals surface area (Å²) >= 11 is 0. The molecule has 0 bridgehead atoms. The highest BCUT2D eigenvalue weighted by Gasteiger charge is 2.15. The van der Waals surface area contributed by atoms with Crippen LogP contribution < -0.4 is 0 Å². The smallest absolute Gasteiger partial charge is 0.356 e. The van der Waals surface area contributed by atoms with Gasteiger partial charge < -0.3 is 9.72 Å². The van der Waals surface area contributed by atoms with Gasteiger partial charge in [0.15, 0.2) is 5.69 Å². The van der Waals surface area contributed by atoms with Gasteiger partial charge in [-0.05, 0) is 32.0 Å². The van der Waals surface area contributed by atoms with Crippen molar-refractivity contribution in [2.45, 2.75) is 13.8 Å². The Morgan fingerprint density at radius 1 is 1.36 bits per heavy atom. The maximum atomic E-state index is 11.9. The maximum Gasteiger partial charge on any atom is 0.356 e. The minimum atomic E-state index is -0.437. The Labute approximate surface area is 142 Å². The minimum Gasteiger partial charge on any atom is -0.461 e. The lowest BCUT2D eigenvalue weighted by molar-refractivity contribution is 0.0520. The van der Waals surface area contributed by atoms with Crippen molar-refractivity contribution in [3.8, 4) is 11.3 Å². The van der Waals surface area contributed by atoms with E-state index in [1.54, 1.807) is 23.9 Å². The van der Waals surface area contributed by atoms with Crippen molar-refractivity contribution in [3.05, 3.63) is 35.8 Å². The van der Waals surface area contributed by atoms with E-state index < -0.39 is 5.97 Å². The lowest BCUT2D eigenvalue weighted by atomic mass is 10.1. The Kier molecular flexibility index (Phi) is 3.45. The quantitative estimate of drug-likeness (QED) is 0.577. The van der Waals surface area contributed by atoms with Crippen molar-refractivity contribution in [2.24, 2.45) is 7.05 Å². The molecule has 0 unspecified atom stereocenters. The van der Waals surface area contributed by atoms with E-state index in [9.17, 15) is 4.79 Å². The van der Waals surface area contributed by atoms with E-state index in [1.165, 1.54) is 0 Å². The zero-order valence-corrected chi connectivity index (χ0v) is 14.1. The molecule has 4 aromatic rings. The average molecular weight is 336 g/mol. The van der Waals surface area contributed by atoms with Gasteiger partial charge in [-0.1, -0.05) is 5.21 Å². The summed E-state index contributed by atoms with van der Waals surface area (Å²) in [6.45, 7) is 3.99. The van der Waals surface area contributed by atoms with Crippen LogP contribution in [0.15, 0.2) is 24.4 Å². The van der Waals surface area contributed by atoms with Gasteiger partial charge in [0.1, 0.15) is 5.65 Å². The Bertz CT molecular complexity index is 1090. The van der Waals surface area contributed by atoms with Gasteiger partial charge >= 0.3 is 5.97 Å². The van der Waals surface area contributed by atoms with Gasteiger partial charge in [0, 0.05) is 24.2 Å². The molecule has 1 N–H and O–H groups in total. The molecule has 4 rings (SSSR count). The number of H-pyrrole nitrogens is 1. The molecule has 0 aliphatic heterocycles. The second kappa shape index (κ2) is 5.66. The third-order valence-electron chi connectivity index (χ3n) is 4.04. The number of carbonyl (C=O) groups is 1. The molecule has 0 aliphatic rings. The van der Waals surface area contributed by atoms with Crippen LogP contribution in [-0.2, 0) is 11.8 Å². The summed E-state index contributed by atoms with van der Waals surface area (Å²) in [7, 11) is 1.85. The zero-order valence-electron chi connectivity index (χ0n) is 14.1. The minimum absolute atomic E-state index is 0.271. The number of nitrogens with one attached hydrogen (secondary N) is 1. The van der Waals surface area contributed by atoms with Crippen LogP contribution in [0.25, 0.3) is 33.3 Å². The molecule has 0 aliphatic carbocycles. The standard InChI is InChI=1S/C17H16N6O2/c1-4-25-17(24)12-6-5-11-14-13(20-16(11)19-12)7-10(8-18-14)15-9(2)21-22-23(15)3/h5-8H,4H2,1-3H3,(H,19,20). The molecular formula is C17H16N6O2. The van der Waals surface area contributed by atoms with Crippen molar-refractivity contribution < 1.29 is 9.53 Å². The predicted molar refractivity (Wildman–Crippen MR) is 92.1 cm³/mol. The van der Waals surface area contributed by atoms with Crippen LogP contribution in [0, 0.1) is 6.92 Å². The van der Waals surface area contributed by atoms with E-state index in [2.05, 4.69) is 25.3 Å². The SMILES string of the molecule is CCOC(=O)c1ccc2c(n1)[nH]c1cc(-c3c(C)nnn3C)cnc12. The molecule has 0 spiro atoms. The number of nitrogens with zero attached hydrogens (tertiary/aromatic N) is 5. The van der Waals surface area contributed by atoms with E-state index in [0.717, 1.165) is 33.4 Å². The molecule has 4 heterocycles. The van der Waals surface area contributed by atoms with Crippen molar-refractivity contribution >= 4 is 28.0 Å². The highest BCUT2D eigenvalue weighted by atomic mass is 16.5. The highest BCUT2D eigenvalue weighted by Crippen LogP contribution is 2.28. The molecule has 0 saturated heterocycles. The van der Waals surface area contributed by atoms with Crippen molar-refractivity contribution in [3.63, 3.8) is 0 Å². The van der Waals surface area contributed by atoms with Crippen molar-refractivity contribution in [1.82, 2.24) is 29.9 Å². The van der Waals surface area contributed by atoms with Gasteiger partial charge in [-0.15, -0.1) is 5.10 Å². The summed E-state index contributed by atoms with van der Waals surface area (Å²) in [6, 6.07) is 5.47. The van der Waals surface area contributed by atoms with Gasteiger partial charge in [-0.25, -0.2) is 14.5 Å². The van der Waals surface area contributed by atoms with E-state index in [0.29, 0.717) is 12.3 Å². The average Bonchev–Trinajstić information content (AvgIpc) is 3.13. The van der Waals surface area contributed by atoms with E-state index in [1.807, 2.05) is 26.1 Å². The molecule has 0 aromatic carbocycles. The number of rotatable bonds is 3. The Hall–Kier alpha value is -3.29. The molecular weight excluding hydrogens is 320 g/mol. The molecule has 0 saturated carbocycles. The number of fused-ring (bicyclic) bond motifs is 3. The normalized spacial score (nSPS) is 11.3. The van der Waals surface area contributed by atoms with Crippen molar-refractivity contribution in [2.75, 3.05) is 6.61 Å². The number of aromatic nitrogens is 6. The fraction of sp³-hybridized carbons (Fsp3) is 0.235. The number of pyridine rings is 2. The van der Waals surface area contributed by atoms with Gasteiger partial charge in [-0.2, -0.15) is 0 Å². The topological polar surface area (TPSA) is 98.6 Å². The summed E-state index contributed by atoms with van der Waals surface area (Å²) in [5, 5.41) is 8.96. The third kappa shape index (κ3) is 2.42. The second-order valence-electron chi connectivity index (χ2n) is 5.71. The molecule has 4 aromatic heterocycles. The Morgan fingerprint density at radius 2 is 2.20 bits per heavy atom. The first-order valence-corrected chi connectivity index (χ1v) is 7.90. The van der Waals surface area contributed by atoms with E-state index in [-0.39, 0.29) is 5.69 Å². The fourth-order valence-corrected chi connectivity index (χ4v) is 2.95. The number of hydrogen-bond acceptors (Lipinski definition) is 6. The number of aromatic amines is 1. The zero-order chi connectivity index (χ0) is 17.6. The Balaban J connectivity index is 1.86. The van der Waals surface area contributed by atoms with Gasteiger partial charge in [0.25, 0.3) is 0 Å².